The Labute approximate surface area is 110 Å². The second-order valence-electron chi connectivity index (χ2n) is 3.74. The molecule has 0 spiro atoms. The van der Waals surface area contributed by atoms with E-state index in [1.807, 2.05) is 0 Å². The molecule has 104 valence electrons. The summed E-state index contributed by atoms with van der Waals surface area (Å²) in [7, 11) is 0. The molecule has 0 radical (unpaired) electrons. The van der Waals surface area contributed by atoms with E-state index < -0.39 is 28.1 Å². The van der Waals surface area contributed by atoms with E-state index in [2.05, 4.69) is 10.3 Å². The second-order valence-corrected chi connectivity index (χ2v) is 3.74. The van der Waals surface area contributed by atoms with Crippen LogP contribution in [0.4, 0.5) is 36.2 Å². The Morgan fingerprint density at radius 3 is 2.35 bits per heavy atom. The highest BCUT2D eigenvalue weighted by Crippen LogP contribution is 2.27. The van der Waals surface area contributed by atoms with Gasteiger partial charge < -0.3 is 11.1 Å². The summed E-state index contributed by atoms with van der Waals surface area (Å²) < 4.78 is 38.9. The van der Waals surface area contributed by atoms with Crippen LogP contribution in [0.1, 0.15) is 0 Å². The van der Waals surface area contributed by atoms with Gasteiger partial charge in [-0.3, -0.25) is 10.1 Å². The standard InChI is InChI=1S/C11H7F3N4O2/c12-6-3-5(4-7(13)10(6)14)16-11-8(18(19)20)1-2-9(15)17-11/h1-4H,(H3,15,16,17). The lowest BCUT2D eigenvalue weighted by molar-refractivity contribution is -0.384. The lowest BCUT2D eigenvalue weighted by Crippen LogP contribution is -2.03. The van der Waals surface area contributed by atoms with Gasteiger partial charge in [0.1, 0.15) is 5.82 Å². The van der Waals surface area contributed by atoms with Gasteiger partial charge in [0, 0.05) is 23.9 Å². The molecule has 1 aromatic heterocycles. The number of nitrogen functional groups attached to an aromatic ring is 1. The maximum Gasteiger partial charge on any atom is 0.311 e. The smallest absolute Gasteiger partial charge is 0.311 e. The summed E-state index contributed by atoms with van der Waals surface area (Å²) >= 11 is 0. The molecule has 0 amide bonds. The van der Waals surface area contributed by atoms with E-state index in [4.69, 9.17) is 5.73 Å². The third-order valence-electron chi connectivity index (χ3n) is 2.34. The predicted octanol–water partition coefficient (Wildman–Crippen LogP) is 2.73. The van der Waals surface area contributed by atoms with Gasteiger partial charge in [-0.1, -0.05) is 0 Å². The molecule has 1 heterocycles. The number of nitrogens with zero attached hydrogens (tertiary/aromatic N) is 2. The van der Waals surface area contributed by atoms with E-state index in [0.29, 0.717) is 12.1 Å². The second kappa shape index (κ2) is 5.03. The van der Waals surface area contributed by atoms with Crippen molar-refractivity contribution in [3.8, 4) is 0 Å². The van der Waals surface area contributed by atoms with E-state index in [1.54, 1.807) is 0 Å². The predicted molar refractivity (Wildman–Crippen MR) is 64.9 cm³/mol. The summed E-state index contributed by atoms with van der Waals surface area (Å²) in [5.74, 6) is -4.83. The van der Waals surface area contributed by atoms with Gasteiger partial charge in [-0.05, 0) is 6.07 Å². The molecule has 2 aromatic rings. The largest absolute Gasteiger partial charge is 0.384 e. The topological polar surface area (TPSA) is 94.1 Å². The summed E-state index contributed by atoms with van der Waals surface area (Å²) in [6.45, 7) is 0. The van der Waals surface area contributed by atoms with Gasteiger partial charge in [-0.25, -0.2) is 18.2 Å². The van der Waals surface area contributed by atoms with Crippen molar-refractivity contribution >= 4 is 23.0 Å². The number of rotatable bonds is 3. The molecule has 0 fully saturated rings. The Bertz CT molecular complexity index is 670. The molecule has 0 atom stereocenters. The Morgan fingerprint density at radius 2 is 1.80 bits per heavy atom. The normalized spacial score (nSPS) is 10.3. The summed E-state index contributed by atoms with van der Waals surface area (Å²) in [4.78, 5) is 13.7. The van der Waals surface area contributed by atoms with E-state index in [1.165, 1.54) is 6.07 Å². The van der Waals surface area contributed by atoms with Gasteiger partial charge in [0.2, 0.25) is 5.82 Å². The molecule has 20 heavy (non-hydrogen) atoms. The highest BCUT2D eigenvalue weighted by Gasteiger charge is 2.17. The summed E-state index contributed by atoms with van der Waals surface area (Å²) in [5.41, 5.74) is 4.71. The molecule has 2 rings (SSSR count). The average molecular weight is 284 g/mol. The fourth-order valence-electron chi connectivity index (χ4n) is 1.47. The van der Waals surface area contributed by atoms with E-state index in [-0.39, 0.29) is 17.3 Å². The van der Waals surface area contributed by atoms with Crippen LogP contribution >= 0.6 is 0 Å². The summed E-state index contributed by atoms with van der Waals surface area (Å²) in [6, 6.07) is 3.58. The number of nitrogens with two attached hydrogens (primary N) is 1. The Morgan fingerprint density at radius 1 is 1.20 bits per heavy atom. The number of benzene rings is 1. The molecule has 6 nitrogen and oxygen atoms in total. The highest BCUT2D eigenvalue weighted by molar-refractivity contribution is 5.67. The molecule has 0 saturated heterocycles. The molecular weight excluding hydrogens is 277 g/mol. The number of hydrogen-bond donors (Lipinski definition) is 2. The fourth-order valence-corrected chi connectivity index (χ4v) is 1.47. The van der Waals surface area contributed by atoms with Gasteiger partial charge in [0.15, 0.2) is 17.5 Å². The van der Waals surface area contributed by atoms with Crippen molar-refractivity contribution < 1.29 is 18.1 Å². The van der Waals surface area contributed by atoms with Crippen LogP contribution in [0.25, 0.3) is 0 Å². The van der Waals surface area contributed by atoms with Crippen molar-refractivity contribution in [2.75, 3.05) is 11.1 Å². The SMILES string of the molecule is Nc1ccc([N+](=O)[O-])c(Nc2cc(F)c(F)c(F)c2)n1. The Balaban J connectivity index is 2.44. The maximum atomic E-state index is 13.0. The zero-order chi connectivity index (χ0) is 14.9. The highest BCUT2D eigenvalue weighted by atomic mass is 19.2. The van der Waals surface area contributed by atoms with Crippen LogP contribution in [0.15, 0.2) is 24.3 Å². The summed E-state index contributed by atoms with van der Waals surface area (Å²) in [6.07, 6.45) is 0. The third kappa shape index (κ3) is 2.60. The Hall–Kier alpha value is -2.84. The van der Waals surface area contributed by atoms with Crippen molar-refractivity contribution in [1.82, 2.24) is 4.98 Å². The van der Waals surface area contributed by atoms with Crippen LogP contribution in [0.3, 0.4) is 0 Å². The van der Waals surface area contributed by atoms with Gasteiger partial charge >= 0.3 is 5.69 Å². The van der Waals surface area contributed by atoms with Crippen LogP contribution in [0.2, 0.25) is 0 Å². The van der Waals surface area contributed by atoms with Gasteiger partial charge in [-0.15, -0.1) is 0 Å². The zero-order valence-electron chi connectivity index (χ0n) is 9.73. The molecule has 3 N–H and O–H groups in total. The number of nitrogens with one attached hydrogen (secondary N) is 1. The molecule has 9 heteroatoms. The van der Waals surface area contributed by atoms with E-state index >= 15 is 0 Å². The first-order chi connectivity index (χ1) is 9.38. The number of nitro groups is 1. The molecule has 1 aromatic carbocycles. The third-order valence-corrected chi connectivity index (χ3v) is 2.34. The molecule has 0 bridgehead atoms. The van der Waals surface area contributed by atoms with Crippen molar-refractivity contribution in [2.45, 2.75) is 0 Å². The number of halogens is 3. The number of anilines is 3. The minimum atomic E-state index is -1.63. The first kappa shape index (κ1) is 13.6. The molecular formula is C11H7F3N4O2. The first-order valence-corrected chi connectivity index (χ1v) is 5.21. The van der Waals surface area contributed by atoms with Crippen LogP contribution < -0.4 is 11.1 Å². The Kier molecular flexibility index (Phi) is 3.42. The van der Waals surface area contributed by atoms with Crippen LogP contribution in [-0.4, -0.2) is 9.91 Å². The van der Waals surface area contributed by atoms with Gasteiger partial charge in [0.25, 0.3) is 0 Å². The quantitative estimate of drug-likeness (QED) is 0.513. The minimum absolute atomic E-state index is 0.0267. The number of aromatic nitrogens is 1. The maximum absolute atomic E-state index is 13.0. The molecule has 0 unspecified atom stereocenters. The first-order valence-electron chi connectivity index (χ1n) is 5.21. The van der Waals surface area contributed by atoms with Crippen molar-refractivity contribution in [3.63, 3.8) is 0 Å². The molecule has 0 aliphatic heterocycles. The minimum Gasteiger partial charge on any atom is -0.384 e. The lowest BCUT2D eigenvalue weighted by atomic mass is 10.2. The zero-order valence-corrected chi connectivity index (χ0v) is 9.73. The number of hydrogen-bond acceptors (Lipinski definition) is 5. The monoisotopic (exact) mass is 284 g/mol. The average Bonchev–Trinajstić information content (AvgIpc) is 2.35. The molecule has 0 saturated carbocycles. The van der Waals surface area contributed by atoms with Crippen molar-refractivity contribution in [3.05, 3.63) is 51.8 Å². The fraction of sp³-hybridized carbons (Fsp3) is 0. The van der Waals surface area contributed by atoms with E-state index in [0.717, 1.165) is 6.07 Å². The van der Waals surface area contributed by atoms with Crippen LogP contribution in [-0.2, 0) is 0 Å². The van der Waals surface area contributed by atoms with Crippen LogP contribution in [0, 0.1) is 27.6 Å². The van der Waals surface area contributed by atoms with E-state index in [9.17, 15) is 23.3 Å². The van der Waals surface area contributed by atoms with Crippen LogP contribution in [0.5, 0.6) is 0 Å². The van der Waals surface area contributed by atoms with Gasteiger partial charge in [-0.2, -0.15) is 0 Å². The molecule has 0 aliphatic rings. The lowest BCUT2D eigenvalue weighted by Gasteiger charge is -2.07. The molecule has 0 aliphatic carbocycles. The summed E-state index contributed by atoms with van der Waals surface area (Å²) in [5, 5.41) is 13.1. The number of pyridine rings is 1. The van der Waals surface area contributed by atoms with Crippen molar-refractivity contribution in [1.29, 1.82) is 0 Å². The van der Waals surface area contributed by atoms with Crippen molar-refractivity contribution in [2.24, 2.45) is 0 Å². The van der Waals surface area contributed by atoms with Gasteiger partial charge in [0.05, 0.1) is 4.92 Å².